The van der Waals surface area contributed by atoms with Crippen LogP contribution in [0.3, 0.4) is 0 Å². The van der Waals surface area contributed by atoms with E-state index in [0.29, 0.717) is 30.9 Å². The molecule has 2 rings (SSSR count). The van der Waals surface area contributed by atoms with Gasteiger partial charge in [0.05, 0.1) is 13.7 Å². The number of anilines is 1. The zero-order valence-corrected chi connectivity index (χ0v) is 13.9. The topological polar surface area (TPSA) is 47.6 Å². The maximum atomic E-state index is 12.0. The number of ether oxygens (including phenoxy) is 2. The quantitative estimate of drug-likeness (QED) is 0.783. The molecule has 0 atom stereocenters. The van der Waals surface area contributed by atoms with Gasteiger partial charge in [0.15, 0.2) is 11.5 Å². The van der Waals surface area contributed by atoms with E-state index in [2.05, 4.69) is 5.32 Å². The molecule has 122 valence electrons. The van der Waals surface area contributed by atoms with Crippen molar-refractivity contribution < 1.29 is 14.3 Å². The first kappa shape index (κ1) is 16.9. The lowest BCUT2D eigenvalue weighted by molar-refractivity contribution is -0.116. The second-order valence-corrected chi connectivity index (χ2v) is 5.40. The largest absolute Gasteiger partial charge is 0.493 e. The van der Waals surface area contributed by atoms with Gasteiger partial charge in [0.2, 0.25) is 5.91 Å². The van der Waals surface area contributed by atoms with E-state index in [1.807, 2.05) is 56.3 Å². The number of carbonyl (C=O) groups is 1. The lowest BCUT2D eigenvalue weighted by Crippen LogP contribution is -2.14. The minimum absolute atomic E-state index is 0.00215. The Morgan fingerprint density at radius 3 is 2.52 bits per heavy atom. The second kappa shape index (κ2) is 8.22. The van der Waals surface area contributed by atoms with Gasteiger partial charge < -0.3 is 14.8 Å². The maximum Gasteiger partial charge on any atom is 0.224 e. The molecular weight excluding hydrogens is 290 g/mol. The third kappa shape index (κ3) is 4.74. The highest BCUT2D eigenvalue weighted by molar-refractivity contribution is 5.91. The Morgan fingerprint density at radius 2 is 1.78 bits per heavy atom. The minimum Gasteiger partial charge on any atom is -0.493 e. The van der Waals surface area contributed by atoms with Gasteiger partial charge in [0.1, 0.15) is 0 Å². The van der Waals surface area contributed by atoms with E-state index in [9.17, 15) is 4.79 Å². The summed E-state index contributed by atoms with van der Waals surface area (Å²) in [5, 5.41) is 2.95. The molecule has 2 aromatic rings. The van der Waals surface area contributed by atoms with Crippen LogP contribution >= 0.6 is 0 Å². The standard InChI is InChI=1S/C19H23NO3/c1-14-8-6-9-16(15(14)2)20-19(21)12-7-13-23-18-11-5-4-10-17(18)22-3/h4-6,8-11H,7,12-13H2,1-3H3,(H,20,21). The fourth-order valence-corrected chi connectivity index (χ4v) is 2.25. The Bertz CT molecular complexity index is 667. The average molecular weight is 313 g/mol. The third-order valence-corrected chi connectivity index (χ3v) is 3.75. The van der Waals surface area contributed by atoms with Gasteiger partial charge >= 0.3 is 0 Å². The van der Waals surface area contributed by atoms with Crippen LogP contribution in [0.15, 0.2) is 42.5 Å². The first-order valence-corrected chi connectivity index (χ1v) is 7.73. The zero-order valence-electron chi connectivity index (χ0n) is 13.9. The van der Waals surface area contributed by atoms with E-state index in [4.69, 9.17) is 9.47 Å². The van der Waals surface area contributed by atoms with E-state index < -0.39 is 0 Å². The smallest absolute Gasteiger partial charge is 0.224 e. The molecule has 0 saturated heterocycles. The molecule has 4 heteroatoms. The van der Waals surface area contributed by atoms with Gasteiger partial charge in [0, 0.05) is 12.1 Å². The van der Waals surface area contributed by atoms with Crippen LogP contribution in [0, 0.1) is 13.8 Å². The van der Waals surface area contributed by atoms with Crippen LogP contribution in [-0.2, 0) is 4.79 Å². The van der Waals surface area contributed by atoms with E-state index in [-0.39, 0.29) is 5.91 Å². The van der Waals surface area contributed by atoms with Gasteiger partial charge in [-0.2, -0.15) is 0 Å². The van der Waals surface area contributed by atoms with Crippen molar-refractivity contribution in [3.05, 3.63) is 53.6 Å². The van der Waals surface area contributed by atoms with Crippen molar-refractivity contribution in [2.24, 2.45) is 0 Å². The normalized spacial score (nSPS) is 10.2. The van der Waals surface area contributed by atoms with Crippen LogP contribution < -0.4 is 14.8 Å². The number of nitrogens with one attached hydrogen (secondary N) is 1. The molecule has 0 heterocycles. The summed E-state index contributed by atoms with van der Waals surface area (Å²) in [4.78, 5) is 12.0. The molecule has 0 radical (unpaired) electrons. The van der Waals surface area contributed by atoms with Crippen LogP contribution in [-0.4, -0.2) is 19.6 Å². The van der Waals surface area contributed by atoms with Crippen molar-refractivity contribution in [2.75, 3.05) is 19.0 Å². The van der Waals surface area contributed by atoms with Crippen molar-refractivity contribution in [1.82, 2.24) is 0 Å². The Morgan fingerprint density at radius 1 is 1.04 bits per heavy atom. The Balaban J connectivity index is 1.78. The summed E-state index contributed by atoms with van der Waals surface area (Å²) in [5.41, 5.74) is 3.15. The third-order valence-electron chi connectivity index (χ3n) is 3.75. The highest BCUT2D eigenvalue weighted by Crippen LogP contribution is 2.25. The van der Waals surface area contributed by atoms with Crippen molar-refractivity contribution in [3.63, 3.8) is 0 Å². The zero-order chi connectivity index (χ0) is 16.7. The fourth-order valence-electron chi connectivity index (χ4n) is 2.25. The highest BCUT2D eigenvalue weighted by Gasteiger charge is 2.07. The predicted octanol–water partition coefficient (Wildman–Crippen LogP) is 4.11. The lowest BCUT2D eigenvalue weighted by atomic mass is 10.1. The van der Waals surface area contributed by atoms with Crippen LogP contribution in [0.5, 0.6) is 11.5 Å². The van der Waals surface area contributed by atoms with E-state index in [1.54, 1.807) is 7.11 Å². The SMILES string of the molecule is COc1ccccc1OCCCC(=O)Nc1cccc(C)c1C. The summed E-state index contributed by atoms with van der Waals surface area (Å²) in [7, 11) is 1.61. The molecule has 1 amide bonds. The molecule has 0 unspecified atom stereocenters. The first-order chi connectivity index (χ1) is 11.1. The van der Waals surface area contributed by atoms with Crippen molar-refractivity contribution >= 4 is 11.6 Å². The second-order valence-electron chi connectivity index (χ2n) is 5.40. The molecule has 0 aliphatic carbocycles. The molecule has 0 bridgehead atoms. The van der Waals surface area contributed by atoms with Crippen LogP contribution in [0.1, 0.15) is 24.0 Å². The molecule has 1 N–H and O–H groups in total. The molecule has 0 spiro atoms. The number of amides is 1. The number of para-hydroxylation sites is 2. The molecule has 0 saturated carbocycles. The van der Waals surface area contributed by atoms with Crippen molar-refractivity contribution in [3.8, 4) is 11.5 Å². The van der Waals surface area contributed by atoms with Crippen molar-refractivity contribution in [2.45, 2.75) is 26.7 Å². The number of benzene rings is 2. The van der Waals surface area contributed by atoms with Crippen molar-refractivity contribution in [1.29, 1.82) is 0 Å². The summed E-state index contributed by atoms with van der Waals surface area (Å²) in [6.45, 7) is 4.52. The molecule has 2 aromatic carbocycles. The van der Waals surface area contributed by atoms with Gasteiger partial charge in [-0.05, 0) is 49.6 Å². The minimum atomic E-state index is 0.00215. The molecule has 0 aliphatic rings. The molecule has 0 aromatic heterocycles. The number of aryl methyl sites for hydroxylation is 1. The van der Waals surface area contributed by atoms with Gasteiger partial charge in [-0.15, -0.1) is 0 Å². The van der Waals surface area contributed by atoms with Gasteiger partial charge in [-0.3, -0.25) is 4.79 Å². The average Bonchev–Trinajstić information content (AvgIpc) is 2.56. The van der Waals surface area contributed by atoms with Gasteiger partial charge in [-0.25, -0.2) is 0 Å². The van der Waals surface area contributed by atoms with Gasteiger partial charge in [0.25, 0.3) is 0 Å². The Hall–Kier alpha value is -2.49. The summed E-state index contributed by atoms with van der Waals surface area (Å²) in [6.07, 6.45) is 1.07. The van der Waals surface area contributed by atoms with Crippen LogP contribution in [0.2, 0.25) is 0 Å². The Kier molecular flexibility index (Phi) is 6.03. The molecule has 0 aliphatic heterocycles. The van der Waals surface area contributed by atoms with Gasteiger partial charge in [-0.1, -0.05) is 24.3 Å². The molecule has 0 fully saturated rings. The Labute approximate surface area is 137 Å². The van der Waals surface area contributed by atoms with E-state index in [0.717, 1.165) is 11.3 Å². The summed E-state index contributed by atoms with van der Waals surface area (Å²) in [5.74, 6) is 1.40. The number of methoxy groups -OCH3 is 1. The number of hydrogen-bond donors (Lipinski definition) is 1. The first-order valence-electron chi connectivity index (χ1n) is 7.73. The number of carbonyl (C=O) groups excluding carboxylic acids is 1. The molecular formula is C19H23NO3. The lowest BCUT2D eigenvalue weighted by Gasteiger charge is -2.11. The van der Waals surface area contributed by atoms with E-state index in [1.165, 1.54) is 5.56 Å². The van der Waals surface area contributed by atoms with Crippen LogP contribution in [0.4, 0.5) is 5.69 Å². The summed E-state index contributed by atoms with van der Waals surface area (Å²) < 4.78 is 10.9. The highest BCUT2D eigenvalue weighted by atomic mass is 16.5. The summed E-state index contributed by atoms with van der Waals surface area (Å²) in [6, 6.07) is 13.4. The number of rotatable bonds is 7. The summed E-state index contributed by atoms with van der Waals surface area (Å²) >= 11 is 0. The van der Waals surface area contributed by atoms with E-state index >= 15 is 0 Å². The predicted molar refractivity (Wildman–Crippen MR) is 92.3 cm³/mol. The number of hydrogen-bond acceptors (Lipinski definition) is 3. The fraction of sp³-hybridized carbons (Fsp3) is 0.316. The maximum absolute atomic E-state index is 12.0. The molecule has 23 heavy (non-hydrogen) atoms. The molecule has 4 nitrogen and oxygen atoms in total. The van der Waals surface area contributed by atoms with Crippen LogP contribution in [0.25, 0.3) is 0 Å². The monoisotopic (exact) mass is 313 g/mol.